The predicted molar refractivity (Wildman–Crippen MR) is 123 cm³/mol. The van der Waals surface area contributed by atoms with E-state index in [0.717, 1.165) is 22.9 Å². The van der Waals surface area contributed by atoms with E-state index in [2.05, 4.69) is 30.7 Å². The van der Waals surface area contributed by atoms with Crippen LogP contribution in [0.4, 0.5) is 4.39 Å². The van der Waals surface area contributed by atoms with Gasteiger partial charge in [0.25, 0.3) is 5.91 Å². The average molecular weight is 435 g/mol. The molecular weight excluding hydrogens is 409 g/mol. The third kappa shape index (κ3) is 4.94. The van der Waals surface area contributed by atoms with Gasteiger partial charge in [0, 0.05) is 16.7 Å². The second-order valence-corrected chi connectivity index (χ2v) is 8.25. The van der Waals surface area contributed by atoms with Crippen molar-refractivity contribution in [1.82, 2.24) is 9.97 Å². The predicted octanol–water partition coefficient (Wildman–Crippen LogP) is 4.87. The maximum atomic E-state index is 14.0. The number of nitrogens with two attached hydrogens (primary N) is 1. The van der Waals surface area contributed by atoms with Crippen LogP contribution in [0.5, 0.6) is 11.6 Å². The van der Waals surface area contributed by atoms with Crippen molar-refractivity contribution in [2.75, 3.05) is 14.2 Å². The van der Waals surface area contributed by atoms with Crippen LogP contribution < -0.4 is 15.2 Å². The van der Waals surface area contributed by atoms with Gasteiger partial charge < -0.3 is 15.2 Å². The minimum atomic E-state index is -0.597. The highest BCUT2D eigenvalue weighted by Gasteiger charge is 2.23. The number of benzene rings is 1. The highest BCUT2D eigenvalue weighted by molar-refractivity contribution is 5.91. The summed E-state index contributed by atoms with van der Waals surface area (Å²) in [6, 6.07) is 10.3. The van der Waals surface area contributed by atoms with Crippen LogP contribution in [0.3, 0.4) is 0 Å². The first-order chi connectivity index (χ1) is 15.1. The first-order valence-corrected chi connectivity index (χ1v) is 10.0. The van der Waals surface area contributed by atoms with Crippen LogP contribution >= 0.6 is 0 Å². The van der Waals surface area contributed by atoms with E-state index in [-0.39, 0.29) is 11.1 Å². The van der Waals surface area contributed by atoms with Crippen molar-refractivity contribution >= 4 is 18.1 Å². The number of hydrogen-bond acceptors (Lipinski definition) is 5. The van der Waals surface area contributed by atoms with Crippen molar-refractivity contribution in [2.24, 2.45) is 5.73 Å². The van der Waals surface area contributed by atoms with Crippen molar-refractivity contribution in [3.05, 3.63) is 70.9 Å². The van der Waals surface area contributed by atoms with E-state index in [1.165, 1.54) is 13.2 Å². The van der Waals surface area contributed by atoms with Crippen molar-refractivity contribution in [3.63, 3.8) is 0 Å². The number of ether oxygens (including phenoxy) is 2. The molecule has 2 N–H and O–H groups in total. The molecule has 0 radical (unpaired) electrons. The Kier molecular flexibility index (Phi) is 6.58. The molecule has 0 unspecified atom stereocenters. The van der Waals surface area contributed by atoms with Gasteiger partial charge in [0.05, 0.1) is 26.1 Å². The number of aromatic nitrogens is 2. The molecule has 3 rings (SSSR count). The molecule has 7 heteroatoms. The number of hydrogen-bond donors (Lipinski definition) is 1. The monoisotopic (exact) mass is 435 g/mol. The fraction of sp³-hybridized carbons (Fsp3) is 0.240. The number of primary amides is 1. The molecule has 166 valence electrons. The summed E-state index contributed by atoms with van der Waals surface area (Å²) in [5.41, 5.74) is 8.77. The maximum Gasteiger partial charge on any atom is 0.267 e. The van der Waals surface area contributed by atoms with E-state index >= 15 is 0 Å². The molecule has 0 saturated heterocycles. The molecule has 0 aliphatic rings. The van der Waals surface area contributed by atoms with Crippen molar-refractivity contribution in [1.29, 1.82) is 0 Å². The van der Waals surface area contributed by atoms with Gasteiger partial charge in [-0.3, -0.25) is 4.79 Å². The van der Waals surface area contributed by atoms with Gasteiger partial charge >= 0.3 is 0 Å². The molecule has 0 aliphatic carbocycles. The van der Waals surface area contributed by atoms with E-state index in [1.807, 2.05) is 18.2 Å². The number of rotatable bonds is 6. The van der Waals surface area contributed by atoms with Crippen LogP contribution in [-0.4, -0.2) is 30.1 Å². The second kappa shape index (κ2) is 9.18. The van der Waals surface area contributed by atoms with E-state index < -0.39 is 11.7 Å². The first kappa shape index (κ1) is 22.9. The molecule has 0 spiro atoms. The lowest BCUT2D eigenvalue weighted by molar-refractivity contribution is 0.0995. The first-order valence-electron chi connectivity index (χ1n) is 10.0. The number of amides is 1. The summed E-state index contributed by atoms with van der Waals surface area (Å²) in [4.78, 5) is 19.7. The standard InChI is InChI=1S/C25H26FN3O3/c1-25(2,3)20-12-16(19-13-17(26)14-28-24(19)32-5)11-15(22(20)31-4)9-10-18-7-6-8-21(29-18)23(27)30/h6-14H,1-5H3,(H2,27,30)/b10-9+. The van der Waals surface area contributed by atoms with E-state index in [0.29, 0.717) is 22.9 Å². The Morgan fingerprint density at radius 1 is 1.09 bits per heavy atom. The quantitative estimate of drug-likeness (QED) is 0.597. The van der Waals surface area contributed by atoms with E-state index in [4.69, 9.17) is 15.2 Å². The van der Waals surface area contributed by atoms with Gasteiger partial charge in [-0.25, -0.2) is 14.4 Å². The lowest BCUT2D eigenvalue weighted by Gasteiger charge is -2.25. The fourth-order valence-corrected chi connectivity index (χ4v) is 3.37. The van der Waals surface area contributed by atoms with Gasteiger partial charge in [-0.2, -0.15) is 0 Å². The molecular formula is C25H26FN3O3. The highest BCUT2D eigenvalue weighted by atomic mass is 19.1. The molecule has 3 aromatic rings. The highest BCUT2D eigenvalue weighted by Crippen LogP contribution is 2.40. The van der Waals surface area contributed by atoms with Gasteiger partial charge in [-0.05, 0) is 53.5 Å². The zero-order chi connectivity index (χ0) is 23.5. The minimum absolute atomic E-state index is 0.179. The fourth-order valence-electron chi connectivity index (χ4n) is 3.37. The zero-order valence-corrected chi connectivity index (χ0v) is 18.8. The van der Waals surface area contributed by atoms with Gasteiger partial charge in [0.15, 0.2) is 0 Å². The van der Waals surface area contributed by atoms with Crippen molar-refractivity contribution < 1.29 is 18.7 Å². The second-order valence-electron chi connectivity index (χ2n) is 8.25. The average Bonchev–Trinajstić information content (AvgIpc) is 2.76. The van der Waals surface area contributed by atoms with Crippen LogP contribution in [0, 0.1) is 5.82 Å². The summed E-state index contributed by atoms with van der Waals surface area (Å²) in [5.74, 6) is -0.0481. The molecule has 6 nitrogen and oxygen atoms in total. The Morgan fingerprint density at radius 2 is 1.84 bits per heavy atom. The summed E-state index contributed by atoms with van der Waals surface area (Å²) in [7, 11) is 3.11. The van der Waals surface area contributed by atoms with Crippen LogP contribution in [0.15, 0.2) is 42.6 Å². The van der Waals surface area contributed by atoms with Crippen LogP contribution in [-0.2, 0) is 5.41 Å². The third-order valence-corrected chi connectivity index (χ3v) is 4.91. The van der Waals surface area contributed by atoms with Gasteiger partial charge in [0.2, 0.25) is 5.88 Å². The molecule has 2 aromatic heterocycles. The summed E-state index contributed by atoms with van der Waals surface area (Å²) in [5, 5.41) is 0. The largest absolute Gasteiger partial charge is 0.496 e. The molecule has 1 aromatic carbocycles. The molecule has 0 bridgehead atoms. The summed E-state index contributed by atoms with van der Waals surface area (Å²) < 4.78 is 25.1. The summed E-state index contributed by atoms with van der Waals surface area (Å²) in [6.07, 6.45) is 4.72. The van der Waals surface area contributed by atoms with Crippen molar-refractivity contribution in [3.8, 4) is 22.8 Å². The molecule has 0 fully saturated rings. The zero-order valence-electron chi connectivity index (χ0n) is 18.8. The number of carbonyl (C=O) groups is 1. The Labute approximate surface area is 186 Å². The van der Waals surface area contributed by atoms with Crippen LogP contribution in [0.25, 0.3) is 23.3 Å². The third-order valence-electron chi connectivity index (χ3n) is 4.91. The van der Waals surface area contributed by atoms with Crippen LogP contribution in [0.1, 0.15) is 48.1 Å². The molecule has 32 heavy (non-hydrogen) atoms. The smallest absolute Gasteiger partial charge is 0.267 e. The Hall–Kier alpha value is -3.74. The lowest BCUT2D eigenvalue weighted by Crippen LogP contribution is -2.14. The van der Waals surface area contributed by atoms with Crippen molar-refractivity contribution in [2.45, 2.75) is 26.2 Å². The summed E-state index contributed by atoms with van der Waals surface area (Å²) in [6.45, 7) is 6.21. The molecule has 1 amide bonds. The molecule has 2 heterocycles. The SMILES string of the molecule is COc1ncc(F)cc1-c1cc(/C=C/c2cccc(C(N)=O)n2)c(OC)c(C(C)(C)C)c1. The van der Waals surface area contributed by atoms with Gasteiger partial charge in [-0.15, -0.1) is 0 Å². The maximum absolute atomic E-state index is 14.0. The normalized spacial score (nSPS) is 11.6. The van der Waals surface area contributed by atoms with E-state index in [9.17, 15) is 9.18 Å². The number of nitrogens with zero attached hydrogens (tertiary/aromatic N) is 2. The Balaban J connectivity index is 2.21. The van der Waals surface area contributed by atoms with E-state index in [1.54, 1.807) is 31.4 Å². The molecule has 0 aliphatic heterocycles. The van der Waals surface area contributed by atoms with Gasteiger partial charge in [-0.1, -0.05) is 26.8 Å². The lowest BCUT2D eigenvalue weighted by atomic mass is 9.83. The van der Waals surface area contributed by atoms with Crippen LogP contribution in [0.2, 0.25) is 0 Å². The number of halogens is 1. The Bertz CT molecular complexity index is 1180. The van der Waals surface area contributed by atoms with Gasteiger partial charge in [0.1, 0.15) is 17.3 Å². The number of methoxy groups -OCH3 is 2. The Morgan fingerprint density at radius 3 is 2.47 bits per heavy atom. The number of pyridine rings is 2. The number of carbonyl (C=O) groups excluding carboxylic acids is 1. The molecule has 0 saturated carbocycles. The topological polar surface area (TPSA) is 87.3 Å². The minimum Gasteiger partial charge on any atom is -0.496 e. The summed E-state index contributed by atoms with van der Waals surface area (Å²) >= 11 is 0. The molecule has 0 atom stereocenters.